The number of aromatic nitrogens is 1. The number of sulfonamides is 1. The number of methoxy groups -OCH3 is 1. The molecule has 1 amide bonds. The number of amides is 1. The van der Waals surface area contributed by atoms with Gasteiger partial charge in [0.1, 0.15) is 10.6 Å². The minimum atomic E-state index is -3.74. The van der Waals surface area contributed by atoms with Crippen LogP contribution in [0.1, 0.15) is 41.7 Å². The molecular formula is C18H21N3O4S. The van der Waals surface area contributed by atoms with E-state index in [9.17, 15) is 13.2 Å². The smallest absolute Gasteiger partial charge is 0.251 e. The lowest BCUT2D eigenvalue weighted by Gasteiger charge is -2.16. The Labute approximate surface area is 152 Å². The van der Waals surface area contributed by atoms with Crippen molar-refractivity contribution in [2.24, 2.45) is 0 Å². The van der Waals surface area contributed by atoms with E-state index >= 15 is 0 Å². The standard InChI is InChI=1S/C18H21N3O4S/c1-12(13-7-9-19-10-8-13)20-18(22)14-3-6-16(25-2)17(11-14)26(23,24)21-15-4-5-15/h3,6-12,15,21H,4-5H2,1-2H3,(H,20,22). The molecule has 1 saturated carbocycles. The van der Waals surface area contributed by atoms with Crippen molar-refractivity contribution in [3.8, 4) is 5.75 Å². The molecule has 1 aromatic carbocycles. The summed E-state index contributed by atoms with van der Waals surface area (Å²) in [5.41, 5.74) is 1.16. The molecule has 138 valence electrons. The molecule has 0 radical (unpaired) electrons. The van der Waals surface area contributed by atoms with Crippen LogP contribution in [-0.4, -0.2) is 32.5 Å². The molecule has 3 rings (SSSR count). The first kappa shape index (κ1) is 18.3. The second-order valence-corrected chi connectivity index (χ2v) is 7.92. The number of pyridine rings is 1. The van der Waals surface area contributed by atoms with Crippen LogP contribution in [0.25, 0.3) is 0 Å². The van der Waals surface area contributed by atoms with Crippen LogP contribution in [0, 0.1) is 0 Å². The minimum absolute atomic E-state index is 0.0314. The van der Waals surface area contributed by atoms with Gasteiger partial charge in [-0.05, 0) is 55.7 Å². The number of benzene rings is 1. The van der Waals surface area contributed by atoms with E-state index < -0.39 is 10.0 Å². The summed E-state index contributed by atoms with van der Waals surface area (Å²) in [6, 6.07) is 7.74. The molecule has 0 saturated heterocycles. The molecule has 2 aromatic rings. The van der Waals surface area contributed by atoms with E-state index in [1.165, 1.54) is 19.2 Å². The Balaban J connectivity index is 1.83. The van der Waals surface area contributed by atoms with Gasteiger partial charge in [0.05, 0.1) is 13.2 Å². The van der Waals surface area contributed by atoms with Gasteiger partial charge < -0.3 is 10.1 Å². The van der Waals surface area contributed by atoms with Crippen LogP contribution < -0.4 is 14.8 Å². The molecule has 8 heteroatoms. The minimum Gasteiger partial charge on any atom is -0.495 e. The number of nitrogens with zero attached hydrogens (tertiary/aromatic N) is 1. The molecule has 1 atom stereocenters. The maximum atomic E-state index is 12.6. The number of hydrogen-bond donors (Lipinski definition) is 2. The van der Waals surface area contributed by atoms with Crippen LogP contribution in [0.4, 0.5) is 0 Å². The number of nitrogens with one attached hydrogen (secondary N) is 2. The average Bonchev–Trinajstić information content (AvgIpc) is 3.45. The van der Waals surface area contributed by atoms with E-state index in [4.69, 9.17) is 4.74 Å². The van der Waals surface area contributed by atoms with E-state index in [0.717, 1.165) is 18.4 Å². The summed E-state index contributed by atoms with van der Waals surface area (Å²) in [6.45, 7) is 1.85. The monoisotopic (exact) mass is 375 g/mol. The summed E-state index contributed by atoms with van der Waals surface area (Å²) in [7, 11) is -2.34. The summed E-state index contributed by atoms with van der Waals surface area (Å²) < 4.78 is 32.9. The normalized spacial score (nSPS) is 15.3. The average molecular weight is 375 g/mol. The van der Waals surface area contributed by atoms with Crippen LogP contribution in [0.3, 0.4) is 0 Å². The molecule has 0 spiro atoms. The predicted octanol–water partition coefficient (Wildman–Crippen LogP) is 2.02. The predicted molar refractivity (Wildman–Crippen MR) is 96.5 cm³/mol. The second kappa shape index (κ2) is 7.43. The van der Waals surface area contributed by atoms with Gasteiger partial charge in [-0.2, -0.15) is 0 Å². The highest BCUT2D eigenvalue weighted by Crippen LogP contribution is 2.28. The Morgan fingerprint density at radius 1 is 1.23 bits per heavy atom. The van der Waals surface area contributed by atoms with Gasteiger partial charge in [-0.25, -0.2) is 13.1 Å². The molecule has 1 aliphatic carbocycles. The Bertz CT molecular complexity index is 896. The zero-order chi connectivity index (χ0) is 18.7. The SMILES string of the molecule is COc1ccc(C(=O)NC(C)c2ccncc2)cc1S(=O)(=O)NC1CC1. The van der Waals surface area contributed by atoms with Gasteiger partial charge in [-0.1, -0.05) is 0 Å². The first-order valence-electron chi connectivity index (χ1n) is 8.32. The number of rotatable bonds is 7. The van der Waals surface area contributed by atoms with Gasteiger partial charge in [-0.15, -0.1) is 0 Å². The van der Waals surface area contributed by atoms with Gasteiger partial charge in [-0.3, -0.25) is 9.78 Å². The van der Waals surface area contributed by atoms with Crippen molar-refractivity contribution in [1.82, 2.24) is 15.0 Å². The van der Waals surface area contributed by atoms with Gasteiger partial charge in [0.15, 0.2) is 0 Å². The molecule has 2 N–H and O–H groups in total. The molecular weight excluding hydrogens is 354 g/mol. The lowest BCUT2D eigenvalue weighted by molar-refractivity contribution is 0.0939. The Kier molecular flexibility index (Phi) is 5.24. The van der Waals surface area contributed by atoms with E-state index in [1.54, 1.807) is 18.5 Å². The van der Waals surface area contributed by atoms with Crippen LogP contribution in [-0.2, 0) is 10.0 Å². The number of carbonyl (C=O) groups is 1. The zero-order valence-corrected chi connectivity index (χ0v) is 15.4. The van der Waals surface area contributed by atoms with Gasteiger partial charge in [0, 0.05) is 24.0 Å². The van der Waals surface area contributed by atoms with Crippen molar-refractivity contribution in [3.63, 3.8) is 0 Å². The topological polar surface area (TPSA) is 97.4 Å². The summed E-state index contributed by atoms with van der Waals surface area (Å²) in [5, 5.41) is 2.86. The lowest BCUT2D eigenvalue weighted by atomic mass is 10.1. The van der Waals surface area contributed by atoms with Crippen molar-refractivity contribution >= 4 is 15.9 Å². The Hall–Kier alpha value is -2.45. The quantitative estimate of drug-likeness (QED) is 0.772. The van der Waals surface area contributed by atoms with Gasteiger partial charge >= 0.3 is 0 Å². The molecule has 1 unspecified atom stereocenters. The molecule has 0 aliphatic heterocycles. The van der Waals surface area contributed by atoms with Crippen molar-refractivity contribution in [2.45, 2.75) is 36.7 Å². The third-order valence-corrected chi connectivity index (χ3v) is 5.71. The highest BCUT2D eigenvalue weighted by molar-refractivity contribution is 7.89. The van der Waals surface area contributed by atoms with E-state index in [1.807, 2.05) is 19.1 Å². The summed E-state index contributed by atoms with van der Waals surface area (Å²) in [6.07, 6.45) is 4.95. The van der Waals surface area contributed by atoms with Crippen molar-refractivity contribution in [2.75, 3.05) is 7.11 Å². The highest BCUT2D eigenvalue weighted by atomic mass is 32.2. The third-order valence-electron chi connectivity index (χ3n) is 4.17. The molecule has 1 heterocycles. The summed E-state index contributed by atoms with van der Waals surface area (Å²) >= 11 is 0. The summed E-state index contributed by atoms with van der Waals surface area (Å²) in [4.78, 5) is 16.5. The fraction of sp³-hybridized carbons (Fsp3) is 0.333. The fourth-order valence-corrected chi connectivity index (χ4v) is 4.03. The third kappa shape index (κ3) is 4.20. The van der Waals surface area contributed by atoms with E-state index in [-0.39, 0.29) is 34.2 Å². The molecule has 26 heavy (non-hydrogen) atoms. The second-order valence-electron chi connectivity index (χ2n) is 6.24. The molecule has 0 bridgehead atoms. The molecule has 1 aliphatic rings. The highest BCUT2D eigenvalue weighted by Gasteiger charge is 2.30. The molecule has 7 nitrogen and oxygen atoms in total. The van der Waals surface area contributed by atoms with Crippen molar-refractivity contribution in [1.29, 1.82) is 0 Å². The number of hydrogen-bond acceptors (Lipinski definition) is 5. The lowest BCUT2D eigenvalue weighted by Crippen LogP contribution is -2.28. The van der Waals surface area contributed by atoms with Crippen molar-refractivity contribution < 1.29 is 17.9 Å². The van der Waals surface area contributed by atoms with Gasteiger partial charge in [0.2, 0.25) is 10.0 Å². The van der Waals surface area contributed by atoms with Crippen LogP contribution in [0.5, 0.6) is 5.75 Å². The maximum Gasteiger partial charge on any atom is 0.251 e. The Morgan fingerprint density at radius 2 is 1.92 bits per heavy atom. The fourth-order valence-electron chi connectivity index (χ4n) is 2.53. The molecule has 1 aromatic heterocycles. The van der Waals surface area contributed by atoms with E-state index in [0.29, 0.717) is 0 Å². The summed E-state index contributed by atoms with van der Waals surface area (Å²) in [5.74, 6) is -0.156. The van der Waals surface area contributed by atoms with Gasteiger partial charge in [0.25, 0.3) is 5.91 Å². The van der Waals surface area contributed by atoms with E-state index in [2.05, 4.69) is 15.0 Å². The van der Waals surface area contributed by atoms with Crippen LogP contribution in [0.2, 0.25) is 0 Å². The maximum absolute atomic E-state index is 12.6. The Morgan fingerprint density at radius 3 is 2.54 bits per heavy atom. The van der Waals surface area contributed by atoms with Crippen molar-refractivity contribution in [3.05, 3.63) is 53.9 Å². The largest absolute Gasteiger partial charge is 0.495 e. The number of carbonyl (C=O) groups excluding carboxylic acids is 1. The van der Waals surface area contributed by atoms with Crippen LogP contribution in [0.15, 0.2) is 47.6 Å². The zero-order valence-electron chi connectivity index (χ0n) is 14.6. The molecule has 1 fully saturated rings. The first-order valence-corrected chi connectivity index (χ1v) is 9.80. The number of ether oxygens (including phenoxy) is 1. The first-order chi connectivity index (χ1) is 12.4. The van der Waals surface area contributed by atoms with Crippen LogP contribution >= 0.6 is 0 Å².